The summed E-state index contributed by atoms with van der Waals surface area (Å²) in [5.41, 5.74) is -0.326. The molecule has 76 valence electrons. The number of aromatic nitrogens is 1. The second kappa shape index (κ2) is 3.35. The van der Waals surface area contributed by atoms with Gasteiger partial charge in [0.25, 0.3) is 0 Å². The summed E-state index contributed by atoms with van der Waals surface area (Å²) in [7, 11) is 0. The summed E-state index contributed by atoms with van der Waals surface area (Å²) >= 11 is 1.58. The zero-order chi connectivity index (χ0) is 10.2. The first-order chi connectivity index (χ1) is 6.59. The molecule has 1 aromatic rings. The average molecular weight is 210 g/mol. The first kappa shape index (κ1) is 9.65. The Labute approximate surface area is 87.6 Å². The molecule has 0 bridgehead atoms. The van der Waals surface area contributed by atoms with E-state index in [2.05, 4.69) is 10.3 Å². The Hall–Kier alpha value is -0.900. The van der Waals surface area contributed by atoms with Crippen LogP contribution in [0.3, 0.4) is 0 Å². The zero-order valence-electron chi connectivity index (χ0n) is 8.41. The highest BCUT2D eigenvalue weighted by molar-refractivity contribution is 7.09. The zero-order valence-corrected chi connectivity index (χ0v) is 9.23. The number of hydrogen-bond donors (Lipinski definition) is 1. The Morgan fingerprint density at radius 3 is 2.86 bits per heavy atom. The van der Waals surface area contributed by atoms with Gasteiger partial charge in [-0.3, -0.25) is 4.79 Å². The van der Waals surface area contributed by atoms with Gasteiger partial charge in [-0.05, 0) is 26.7 Å². The summed E-state index contributed by atoms with van der Waals surface area (Å²) in [6.45, 7) is 3.98. The van der Waals surface area contributed by atoms with Crippen LogP contribution in [0.25, 0.3) is 0 Å². The highest BCUT2D eigenvalue weighted by Gasteiger charge is 2.34. The summed E-state index contributed by atoms with van der Waals surface area (Å²) < 4.78 is 0. The van der Waals surface area contributed by atoms with Gasteiger partial charge < -0.3 is 5.32 Å². The van der Waals surface area contributed by atoms with Crippen molar-refractivity contribution in [1.29, 1.82) is 0 Å². The number of nitrogens with zero attached hydrogens (tertiary/aromatic N) is 1. The van der Waals surface area contributed by atoms with Crippen LogP contribution in [0.5, 0.6) is 0 Å². The molecule has 1 fully saturated rings. The maximum atomic E-state index is 11.6. The largest absolute Gasteiger partial charge is 0.344 e. The van der Waals surface area contributed by atoms with Crippen molar-refractivity contribution in [3.63, 3.8) is 0 Å². The fourth-order valence-corrected chi connectivity index (χ4v) is 2.06. The molecule has 1 aromatic heterocycles. The molecule has 0 unspecified atom stereocenters. The van der Waals surface area contributed by atoms with Gasteiger partial charge >= 0.3 is 0 Å². The number of carbonyl (C=O) groups excluding carboxylic acids is 1. The van der Waals surface area contributed by atoms with Crippen molar-refractivity contribution in [2.45, 2.75) is 32.2 Å². The van der Waals surface area contributed by atoms with Crippen molar-refractivity contribution in [3.05, 3.63) is 16.6 Å². The van der Waals surface area contributed by atoms with E-state index in [-0.39, 0.29) is 17.4 Å². The normalized spacial score (nSPS) is 16.7. The molecule has 1 amide bonds. The molecule has 0 aromatic carbocycles. The molecule has 0 saturated heterocycles. The average Bonchev–Trinajstić information content (AvgIpc) is 2.80. The first-order valence-corrected chi connectivity index (χ1v) is 5.69. The molecular weight excluding hydrogens is 196 g/mol. The van der Waals surface area contributed by atoms with Gasteiger partial charge in [0.15, 0.2) is 0 Å². The molecule has 1 saturated carbocycles. The SMILES string of the molecule is CC(C)(NC(=O)C1CC1)c1nccs1. The van der Waals surface area contributed by atoms with E-state index in [4.69, 9.17) is 0 Å². The highest BCUT2D eigenvalue weighted by atomic mass is 32.1. The van der Waals surface area contributed by atoms with Gasteiger partial charge in [0.2, 0.25) is 5.91 Å². The predicted octanol–water partition coefficient (Wildman–Crippen LogP) is 1.90. The summed E-state index contributed by atoms with van der Waals surface area (Å²) in [4.78, 5) is 15.8. The predicted molar refractivity (Wildman–Crippen MR) is 56.0 cm³/mol. The van der Waals surface area contributed by atoms with Gasteiger partial charge in [-0.2, -0.15) is 0 Å². The van der Waals surface area contributed by atoms with Crippen LogP contribution in [0.4, 0.5) is 0 Å². The molecule has 0 aliphatic heterocycles. The number of amides is 1. The second-order valence-electron chi connectivity index (χ2n) is 4.23. The number of rotatable bonds is 3. The lowest BCUT2D eigenvalue weighted by Crippen LogP contribution is -2.41. The third kappa shape index (κ3) is 1.95. The molecule has 4 heteroatoms. The molecule has 1 aliphatic rings. The van der Waals surface area contributed by atoms with E-state index >= 15 is 0 Å². The van der Waals surface area contributed by atoms with Gasteiger partial charge in [0.05, 0.1) is 5.54 Å². The van der Waals surface area contributed by atoms with E-state index in [9.17, 15) is 4.79 Å². The van der Waals surface area contributed by atoms with Gasteiger partial charge in [-0.15, -0.1) is 11.3 Å². The van der Waals surface area contributed by atoms with Crippen LogP contribution in [0.15, 0.2) is 11.6 Å². The third-order valence-electron chi connectivity index (χ3n) is 2.35. The van der Waals surface area contributed by atoms with Gasteiger partial charge in [-0.25, -0.2) is 4.98 Å². The first-order valence-electron chi connectivity index (χ1n) is 4.81. The lowest BCUT2D eigenvalue weighted by atomic mass is 10.1. The third-order valence-corrected chi connectivity index (χ3v) is 3.45. The number of nitrogens with one attached hydrogen (secondary N) is 1. The Morgan fingerprint density at radius 2 is 2.36 bits per heavy atom. The summed E-state index contributed by atoms with van der Waals surface area (Å²) in [6.07, 6.45) is 3.85. The standard InChI is InChI=1S/C10H14N2OS/c1-10(2,9-11-5-6-14-9)12-8(13)7-3-4-7/h5-7H,3-4H2,1-2H3,(H,12,13). The van der Waals surface area contributed by atoms with Gasteiger partial charge in [-0.1, -0.05) is 0 Å². The molecule has 1 heterocycles. The minimum absolute atomic E-state index is 0.171. The van der Waals surface area contributed by atoms with Crippen molar-refractivity contribution in [3.8, 4) is 0 Å². The highest BCUT2D eigenvalue weighted by Crippen LogP contribution is 2.31. The molecule has 0 spiro atoms. The second-order valence-corrected chi connectivity index (χ2v) is 5.12. The summed E-state index contributed by atoms with van der Waals surface area (Å²) in [5.74, 6) is 0.430. The van der Waals surface area contributed by atoms with Crippen LogP contribution in [-0.4, -0.2) is 10.9 Å². The van der Waals surface area contributed by atoms with Crippen molar-refractivity contribution in [1.82, 2.24) is 10.3 Å². The van der Waals surface area contributed by atoms with Crippen molar-refractivity contribution in [2.75, 3.05) is 0 Å². The Balaban J connectivity index is 2.04. The Bertz CT molecular complexity index is 328. The van der Waals surface area contributed by atoms with E-state index < -0.39 is 0 Å². The van der Waals surface area contributed by atoms with Crippen molar-refractivity contribution < 1.29 is 4.79 Å². The minimum atomic E-state index is -0.326. The van der Waals surface area contributed by atoms with E-state index in [1.54, 1.807) is 17.5 Å². The Kier molecular flexibility index (Phi) is 2.31. The number of carbonyl (C=O) groups is 1. The monoisotopic (exact) mass is 210 g/mol. The van der Waals surface area contributed by atoms with Crippen LogP contribution in [0, 0.1) is 5.92 Å². The summed E-state index contributed by atoms with van der Waals surface area (Å²) in [5, 5.41) is 5.92. The topological polar surface area (TPSA) is 42.0 Å². The lowest BCUT2D eigenvalue weighted by molar-refractivity contribution is -0.124. The molecule has 3 nitrogen and oxygen atoms in total. The molecule has 14 heavy (non-hydrogen) atoms. The van der Waals surface area contributed by atoms with Crippen LogP contribution < -0.4 is 5.32 Å². The minimum Gasteiger partial charge on any atom is -0.344 e. The smallest absolute Gasteiger partial charge is 0.223 e. The molecule has 0 radical (unpaired) electrons. The lowest BCUT2D eigenvalue weighted by Gasteiger charge is -2.23. The summed E-state index contributed by atoms with van der Waals surface area (Å²) in [6, 6.07) is 0. The molecule has 2 rings (SSSR count). The van der Waals surface area contributed by atoms with Crippen LogP contribution in [-0.2, 0) is 10.3 Å². The van der Waals surface area contributed by atoms with Gasteiger partial charge in [0, 0.05) is 17.5 Å². The number of thiazole rings is 1. The van der Waals surface area contributed by atoms with Crippen LogP contribution >= 0.6 is 11.3 Å². The molecule has 1 N–H and O–H groups in total. The van der Waals surface area contributed by atoms with E-state index in [0.29, 0.717) is 0 Å². The van der Waals surface area contributed by atoms with E-state index in [1.807, 2.05) is 19.2 Å². The van der Waals surface area contributed by atoms with E-state index in [0.717, 1.165) is 17.8 Å². The molecular formula is C10H14N2OS. The fraction of sp³-hybridized carbons (Fsp3) is 0.600. The van der Waals surface area contributed by atoms with Crippen molar-refractivity contribution in [2.24, 2.45) is 5.92 Å². The fourth-order valence-electron chi connectivity index (χ4n) is 1.34. The van der Waals surface area contributed by atoms with E-state index in [1.165, 1.54) is 0 Å². The van der Waals surface area contributed by atoms with Crippen LogP contribution in [0.1, 0.15) is 31.7 Å². The maximum absolute atomic E-state index is 11.6. The van der Waals surface area contributed by atoms with Gasteiger partial charge in [0.1, 0.15) is 5.01 Å². The van der Waals surface area contributed by atoms with Crippen LogP contribution in [0.2, 0.25) is 0 Å². The molecule has 1 aliphatic carbocycles. The molecule has 0 atom stereocenters. The maximum Gasteiger partial charge on any atom is 0.223 e. The quantitative estimate of drug-likeness (QED) is 0.828. The number of hydrogen-bond acceptors (Lipinski definition) is 3. The Morgan fingerprint density at radius 1 is 1.64 bits per heavy atom. The van der Waals surface area contributed by atoms with Crippen molar-refractivity contribution >= 4 is 17.2 Å².